The van der Waals surface area contributed by atoms with Crippen molar-refractivity contribution in [2.75, 3.05) is 11.9 Å². The zero-order valence-electron chi connectivity index (χ0n) is 16.3. The maximum absolute atomic E-state index is 13.5. The Kier molecular flexibility index (Phi) is 6.68. The van der Waals surface area contributed by atoms with E-state index in [0.29, 0.717) is 18.0 Å². The zero-order chi connectivity index (χ0) is 20.2. The SMILES string of the molecule is CCC(C)Oc1ncc(C(F)(F)F)c(N(C)c2ccccc2CC(C)C)n1. The number of anilines is 2. The fourth-order valence-corrected chi connectivity index (χ4v) is 2.70. The van der Waals surface area contributed by atoms with Crippen LogP contribution in [0.3, 0.4) is 0 Å². The summed E-state index contributed by atoms with van der Waals surface area (Å²) >= 11 is 0. The van der Waals surface area contributed by atoms with Crippen molar-refractivity contribution in [3.05, 3.63) is 41.6 Å². The Morgan fingerprint density at radius 2 is 1.81 bits per heavy atom. The Labute approximate surface area is 158 Å². The highest BCUT2D eigenvalue weighted by molar-refractivity contribution is 5.66. The summed E-state index contributed by atoms with van der Waals surface area (Å²) in [5, 5.41) is 0. The Hall–Kier alpha value is -2.31. The summed E-state index contributed by atoms with van der Waals surface area (Å²) in [4.78, 5) is 9.32. The van der Waals surface area contributed by atoms with Gasteiger partial charge in [0.1, 0.15) is 5.56 Å². The molecular formula is C20H26F3N3O. The van der Waals surface area contributed by atoms with Crippen molar-refractivity contribution >= 4 is 11.5 Å². The van der Waals surface area contributed by atoms with Gasteiger partial charge < -0.3 is 9.64 Å². The van der Waals surface area contributed by atoms with Crippen molar-refractivity contribution < 1.29 is 17.9 Å². The van der Waals surface area contributed by atoms with E-state index in [1.165, 1.54) is 4.90 Å². The van der Waals surface area contributed by atoms with Gasteiger partial charge in [-0.15, -0.1) is 0 Å². The topological polar surface area (TPSA) is 38.2 Å². The van der Waals surface area contributed by atoms with Crippen LogP contribution < -0.4 is 9.64 Å². The van der Waals surface area contributed by atoms with E-state index in [-0.39, 0.29) is 17.9 Å². The van der Waals surface area contributed by atoms with Crippen molar-refractivity contribution in [1.82, 2.24) is 9.97 Å². The molecule has 0 amide bonds. The molecule has 1 heterocycles. The monoisotopic (exact) mass is 381 g/mol. The molecule has 27 heavy (non-hydrogen) atoms. The zero-order valence-corrected chi connectivity index (χ0v) is 16.3. The van der Waals surface area contributed by atoms with Crippen LogP contribution in [0.5, 0.6) is 6.01 Å². The number of halogens is 3. The van der Waals surface area contributed by atoms with E-state index in [1.54, 1.807) is 19.2 Å². The fraction of sp³-hybridized carbons (Fsp3) is 0.500. The molecule has 1 aromatic carbocycles. The molecule has 4 nitrogen and oxygen atoms in total. The molecule has 0 aliphatic carbocycles. The molecule has 1 aromatic heterocycles. The third-order valence-electron chi connectivity index (χ3n) is 4.23. The molecule has 0 N–H and O–H groups in total. The number of alkyl halides is 3. The van der Waals surface area contributed by atoms with Gasteiger partial charge in [0.05, 0.1) is 6.10 Å². The number of aromatic nitrogens is 2. The Morgan fingerprint density at radius 1 is 1.15 bits per heavy atom. The van der Waals surface area contributed by atoms with E-state index >= 15 is 0 Å². The number of benzene rings is 1. The van der Waals surface area contributed by atoms with Gasteiger partial charge in [0.25, 0.3) is 0 Å². The molecule has 0 fully saturated rings. The molecule has 0 saturated heterocycles. The van der Waals surface area contributed by atoms with Gasteiger partial charge in [-0.3, -0.25) is 0 Å². The Balaban J connectivity index is 2.52. The second-order valence-corrected chi connectivity index (χ2v) is 7.01. The van der Waals surface area contributed by atoms with Gasteiger partial charge in [-0.1, -0.05) is 39.0 Å². The highest BCUT2D eigenvalue weighted by atomic mass is 19.4. The minimum atomic E-state index is -4.56. The third kappa shape index (κ3) is 5.34. The van der Waals surface area contributed by atoms with E-state index in [2.05, 4.69) is 23.8 Å². The van der Waals surface area contributed by atoms with Crippen molar-refractivity contribution in [2.45, 2.75) is 52.8 Å². The van der Waals surface area contributed by atoms with Crippen molar-refractivity contribution in [3.8, 4) is 6.01 Å². The predicted octanol–water partition coefficient (Wildman–Crippen LogP) is 5.64. The minimum absolute atomic E-state index is 0.0551. The number of para-hydroxylation sites is 1. The van der Waals surface area contributed by atoms with Gasteiger partial charge in [0.2, 0.25) is 0 Å². The van der Waals surface area contributed by atoms with Crippen LogP contribution in [0.2, 0.25) is 0 Å². The first-order valence-electron chi connectivity index (χ1n) is 9.06. The summed E-state index contributed by atoms with van der Waals surface area (Å²) in [6.45, 7) is 7.88. The molecule has 0 aliphatic rings. The molecule has 0 radical (unpaired) electrons. The largest absolute Gasteiger partial charge is 0.460 e. The first-order valence-corrected chi connectivity index (χ1v) is 9.06. The average molecular weight is 381 g/mol. The number of hydrogen-bond donors (Lipinski definition) is 0. The number of ether oxygens (including phenoxy) is 1. The lowest BCUT2D eigenvalue weighted by atomic mass is 10.0. The third-order valence-corrected chi connectivity index (χ3v) is 4.23. The van der Waals surface area contributed by atoms with Gasteiger partial charge in [-0.2, -0.15) is 18.2 Å². The first-order chi connectivity index (χ1) is 12.6. The number of hydrogen-bond acceptors (Lipinski definition) is 4. The molecule has 0 aliphatic heterocycles. The van der Waals surface area contributed by atoms with E-state index in [9.17, 15) is 13.2 Å². The van der Waals surface area contributed by atoms with Gasteiger partial charge in [0.15, 0.2) is 5.82 Å². The van der Waals surface area contributed by atoms with Crippen LogP contribution in [0.25, 0.3) is 0 Å². The minimum Gasteiger partial charge on any atom is -0.460 e. The second kappa shape index (κ2) is 8.59. The lowest BCUT2D eigenvalue weighted by Crippen LogP contribution is -2.21. The lowest BCUT2D eigenvalue weighted by Gasteiger charge is -2.25. The maximum atomic E-state index is 13.5. The highest BCUT2D eigenvalue weighted by Crippen LogP contribution is 2.38. The predicted molar refractivity (Wildman–Crippen MR) is 100 cm³/mol. The van der Waals surface area contributed by atoms with E-state index in [1.807, 2.05) is 26.0 Å². The Bertz CT molecular complexity index is 762. The maximum Gasteiger partial charge on any atom is 0.421 e. The van der Waals surface area contributed by atoms with Crippen LogP contribution in [0.1, 0.15) is 45.2 Å². The van der Waals surface area contributed by atoms with E-state index in [0.717, 1.165) is 18.2 Å². The van der Waals surface area contributed by atoms with Gasteiger partial charge in [-0.05, 0) is 37.3 Å². The van der Waals surface area contributed by atoms with Gasteiger partial charge >= 0.3 is 12.2 Å². The summed E-state index contributed by atoms with van der Waals surface area (Å²) in [5.41, 5.74) is 0.761. The molecule has 0 bridgehead atoms. The molecule has 1 unspecified atom stereocenters. The van der Waals surface area contributed by atoms with Crippen molar-refractivity contribution in [1.29, 1.82) is 0 Å². The van der Waals surface area contributed by atoms with Crippen LogP contribution >= 0.6 is 0 Å². The first kappa shape index (κ1) is 21.0. The van der Waals surface area contributed by atoms with Crippen LogP contribution in [-0.2, 0) is 12.6 Å². The quantitative estimate of drug-likeness (QED) is 0.622. The molecule has 0 spiro atoms. The fourth-order valence-electron chi connectivity index (χ4n) is 2.70. The molecule has 148 valence electrons. The standard InChI is InChI=1S/C20H26F3N3O/c1-6-14(4)27-19-24-12-16(20(21,22)23)18(25-19)26(5)17-10-8-7-9-15(17)11-13(2)3/h7-10,12-14H,6,11H2,1-5H3. The summed E-state index contributed by atoms with van der Waals surface area (Å²) in [7, 11) is 1.59. The summed E-state index contributed by atoms with van der Waals surface area (Å²) in [6, 6.07) is 7.37. The van der Waals surface area contributed by atoms with Gasteiger partial charge in [-0.25, -0.2) is 4.98 Å². The average Bonchev–Trinajstić information content (AvgIpc) is 2.60. The van der Waals surface area contributed by atoms with E-state index < -0.39 is 11.7 Å². The van der Waals surface area contributed by atoms with E-state index in [4.69, 9.17) is 4.74 Å². The summed E-state index contributed by atoms with van der Waals surface area (Å²) in [6.07, 6.45) is -2.50. The number of rotatable bonds is 7. The Morgan fingerprint density at radius 3 is 2.41 bits per heavy atom. The molecule has 7 heteroatoms. The highest BCUT2D eigenvalue weighted by Gasteiger charge is 2.37. The van der Waals surface area contributed by atoms with Crippen LogP contribution in [-0.4, -0.2) is 23.1 Å². The van der Waals surface area contributed by atoms with Gasteiger partial charge in [0, 0.05) is 18.9 Å². The smallest absolute Gasteiger partial charge is 0.421 e. The normalized spacial score (nSPS) is 12.9. The molecule has 2 aromatic rings. The summed E-state index contributed by atoms with van der Waals surface area (Å²) in [5.74, 6) is 0.156. The van der Waals surface area contributed by atoms with Crippen molar-refractivity contribution in [2.24, 2.45) is 5.92 Å². The van der Waals surface area contributed by atoms with Crippen LogP contribution in [0.4, 0.5) is 24.7 Å². The molecule has 0 saturated carbocycles. The second-order valence-electron chi connectivity index (χ2n) is 7.01. The van der Waals surface area contributed by atoms with Crippen molar-refractivity contribution in [3.63, 3.8) is 0 Å². The van der Waals surface area contributed by atoms with Crippen LogP contribution in [0, 0.1) is 5.92 Å². The molecule has 1 atom stereocenters. The van der Waals surface area contributed by atoms with Crippen LogP contribution in [0.15, 0.2) is 30.5 Å². The summed E-state index contributed by atoms with van der Waals surface area (Å²) < 4.78 is 46.2. The molecular weight excluding hydrogens is 355 g/mol. The lowest BCUT2D eigenvalue weighted by molar-refractivity contribution is -0.137. The number of nitrogens with zero attached hydrogens (tertiary/aromatic N) is 3. The molecule has 2 rings (SSSR count).